The third-order valence-electron chi connectivity index (χ3n) is 3.67. The van der Waals surface area contributed by atoms with Crippen LogP contribution in [-0.4, -0.2) is 34.4 Å². The van der Waals surface area contributed by atoms with Gasteiger partial charge in [0.15, 0.2) is 0 Å². The van der Waals surface area contributed by atoms with E-state index in [0.29, 0.717) is 17.2 Å². The fourth-order valence-electron chi connectivity index (χ4n) is 2.40. The lowest BCUT2D eigenvalue weighted by Crippen LogP contribution is -2.44. The van der Waals surface area contributed by atoms with Crippen LogP contribution in [0.5, 0.6) is 0 Å². The Morgan fingerprint density at radius 3 is 2.50 bits per heavy atom. The smallest absolute Gasteiger partial charge is 0.255 e. The van der Waals surface area contributed by atoms with Gasteiger partial charge in [-0.25, -0.2) is 8.78 Å². The van der Waals surface area contributed by atoms with Gasteiger partial charge in [-0.15, -0.1) is 11.8 Å². The highest BCUT2D eigenvalue weighted by Crippen LogP contribution is 2.25. The molecule has 1 saturated heterocycles. The molecule has 3 rings (SSSR count). The minimum atomic E-state index is -0.702. The summed E-state index contributed by atoms with van der Waals surface area (Å²) in [4.78, 5) is 26.4. The van der Waals surface area contributed by atoms with Crippen LogP contribution in [0.4, 0.5) is 14.5 Å². The Balaban J connectivity index is 1.75. The first-order valence-corrected chi connectivity index (χ1v) is 8.41. The van der Waals surface area contributed by atoms with Crippen molar-refractivity contribution in [2.75, 3.05) is 16.9 Å². The molecule has 2 amide bonds. The van der Waals surface area contributed by atoms with E-state index in [2.05, 4.69) is 5.32 Å². The van der Waals surface area contributed by atoms with E-state index < -0.39 is 23.6 Å². The first kappa shape index (κ1) is 16.4. The monoisotopic (exact) mass is 348 g/mol. The van der Waals surface area contributed by atoms with Crippen molar-refractivity contribution in [1.82, 2.24) is 4.90 Å². The molecule has 2 aromatic rings. The van der Waals surface area contributed by atoms with Gasteiger partial charge in [-0.3, -0.25) is 9.59 Å². The number of hydrogen-bond donors (Lipinski definition) is 1. The van der Waals surface area contributed by atoms with E-state index in [1.54, 1.807) is 6.07 Å². The van der Waals surface area contributed by atoms with Gasteiger partial charge in [0.25, 0.3) is 5.91 Å². The van der Waals surface area contributed by atoms with Gasteiger partial charge in [0.05, 0.1) is 11.6 Å². The molecule has 0 aliphatic carbocycles. The second-order valence-corrected chi connectivity index (χ2v) is 6.27. The Labute approximate surface area is 141 Å². The number of hydrogen-bond acceptors (Lipinski definition) is 3. The molecule has 2 aromatic carbocycles. The summed E-state index contributed by atoms with van der Waals surface area (Å²) in [6.45, 7) is 0. The van der Waals surface area contributed by atoms with Gasteiger partial charge >= 0.3 is 0 Å². The number of para-hydroxylation sites is 1. The van der Waals surface area contributed by atoms with Crippen LogP contribution in [0.1, 0.15) is 10.4 Å². The fraction of sp³-hybridized carbons (Fsp3) is 0.176. The van der Waals surface area contributed by atoms with Crippen LogP contribution < -0.4 is 5.32 Å². The SMILES string of the molecule is O=C(Nc1ccccc1F)[C@@H]1CSCN1C(=O)c1ccc(F)cc1. The Bertz CT molecular complexity index is 767. The second-order valence-electron chi connectivity index (χ2n) is 5.27. The van der Waals surface area contributed by atoms with Gasteiger partial charge in [-0.05, 0) is 36.4 Å². The van der Waals surface area contributed by atoms with Crippen molar-refractivity contribution in [3.63, 3.8) is 0 Å². The number of thioether (sulfide) groups is 1. The molecule has 1 aliphatic heterocycles. The van der Waals surface area contributed by atoms with Crippen LogP contribution in [-0.2, 0) is 4.79 Å². The van der Waals surface area contributed by atoms with Gasteiger partial charge in [-0.1, -0.05) is 12.1 Å². The van der Waals surface area contributed by atoms with Crippen molar-refractivity contribution in [2.45, 2.75) is 6.04 Å². The molecule has 4 nitrogen and oxygen atoms in total. The summed E-state index contributed by atoms with van der Waals surface area (Å²) in [5.74, 6) is -0.989. The molecule has 1 aliphatic rings. The van der Waals surface area contributed by atoms with Crippen molar-refractivity contribution in [2.24, 2.45) is 0 Å². The average molecular weight is 348 g/mol. The number of nitrogens with one attached hydrogen (secondary N) is 1. The second kappa shape index (κ2) is 7.00. The van der Waals surface area contributed by atoms with E-state index in [1.165, 1.54) is 59.1 Å². The highest BCUT2D eigenvalue weighted by Gasteiger charge is 2.35. The molecule has 0 saturated carbocycles. The van der Waals surface area contributed by atoms with Gasteiger partial charge in [0.1, 0.15) is 17.7 Å². The summed E-state index contributed by atoms with van der Waals surface area (Å²) in [6.07, 6.45) is 0. The zero-order valence-corrected chi connectivity index (χ0v) is 13.4. The number of anilines is 1. The number of benzene rings is 2. The van der Waals surface area contributed by atoms with Crippen molar-refractivity contribution in [3.8, 4) is 0 Å². The number of halogens is 2. The number of nitrogens with zero attached hydrogens (tertiary/aromatic N) is 1. The predicted octanol–water partition coefficient (Wildman–Crippen LogP) is 3.12. The highest BCUT2D eigenvalue weighted by atomic mass is 32.2. The lowest BCUT2D eigenvalue weighted by atomic mass is 10.1. The molecule has 0 aromatic heterocycles. The van der Waals surface area contributed by atoms with Crippen molar-refractivity contribution in [1.29, 1.82) is 0 Å². The van der Waals surface area contributed by atoms with Gasteiger partial charge < -0.3 is 10.2 Å². The number of amides is 2. The first-order valence-electron chi connectivity index (χ1n) is 7.26. The number of carbonyl (C=O) groups is 2. The summed E-state index contributed by atoms with van der Waals surface area (Å²) < 4.78 is 26.6. The molecule has 1 fully saturated rings. The van der Waals surface area contributed by atoms with E-state index >= 15 is 0 Å². The molecule has 1 heterocycles. The van der Waals surface area contributed by atoms with Crippen molar-refractivity contribution < 1.29 is 18.4 Å². The Morgan fingerprint density at radius 2 is 1.79 bits per heavy atom. The molecule has 0 spiro atoms. The molecule has 0 bridgehead atoms. The zero-order valence-electron chi connectivity index (χ0n) is 12.5. The van der Waals surface area contributed by atoms with Crippen LogP contribution in [0.25, 0.3) is 0 Å². The third-order valence-corrected chi connectivity index (χ3v) is 4.68. The molecule has 124 valence electrons. The molecule has 0 radical (unpaired) electrons. The van der Waals surface area contributed by atoms with Crippen LogP contribution in [0, 0.1) is 11.6 Å². The van der Waals surface area contributed by atoms with E-state index in [1.807, 2.05) is 0 Å². The maximum absolute atomic E-state index is 13.7. The van der Waals surface area contributed by atoms with Crippen LogP contribution in [0.3, 0.4) is 0 Å². The van der Waals surface area contributed by atoms with Crippen molar-refractivity contribution >= 4 is 29.3 Å². The molecule has 24 heavy (non-hydrogen) atoms. The average Bonchev–Trinajstić information content (AvgIpc) is 3.07. The van der Waals surface area contributed by atoms with Crippen LogP contribution in [0.15, 0.2) is 48.5 Å². The third kappa shape index (κ3) is 3.41. The zero-order chi connectivity index (χ0) is 17.1. The van der Waals surface area contributed by atoms with E-state index in [4.69, 9.17) is 0 Å². The molecular formula is C17H14F2N2O2S. The summed E-state index contributed by atoms with van der Waals surface area (Å²) in [6, 6.07) is 10.3. The molecular weight excluding hydrogens is 334 g/mol. The highest BCUT2D eigenvalue weighted by molar-refractivity contribution is 7.99. The standard InChI is InChI=1S/C17H14F2N2O2S/c18-12-7-5-11(6-8-12)17(23)21-10-24-9-15(21)16(22)20-14-4-2-1-3-13(14)19/h1-8,15H,9-10H2,(H,20,22)/t15-/m0/s1. The van der Waals surface area contributed by atoms with Gasteiger partial charge in [0, 0.05) is 11.3 Å². The number of rotatable bonds is 3. The maximum atomic E-state index is 13.7. The van der Waals surface area contributed by atoms with Crippen LogP contribution >= 0.6 is 11.8 Å². The maximum Gasteiger partial charge on any atom is 0.255 e. The normalized spacial score (nSPS) is 16.9. The topological polar surface area (TPSA) is 49.4 Å². The molecule has 7 heteroatoms. The minimum absolute atomic E-state index is 0.0774. The van der Waals surface area contributed by atoms with Crippen LogP contribution in [0.2, 0.25) is 0 Å². The Morgan fingerprint density at radius 1 is 1.08 bits per heavy atom. The summed E-state index contributed by atoms with van der Waals surface area (Å²) in [7, 11) is 0. The van der Waals surface area contributed by atoms with E-state index in [-0.39, 0.29) is 11.6 Å². The Hall–Kier alpha value is -2.41. The molecule has 1 N–H and O–H groups in total. The van der Waals surface area contributed by atoms with E-state index in [0.717, 1.165) is 0 Å². The van der Waals surface area contributed by atoms with Gasteiger partial charge in [-0.2, -0.15) is 0 Å². The first-order chi connectivity index (χ1) is 11.6. The number of carbonyl (C=O) groups excluding carboxylic acids is 2. The van der Waals surface area contributed by atoms with Gasteiger partial charge in [0.2, 0.25) is 5.91 Å². The van der Waals surface area contributed by atoms with Crippen molar-refractivity contribution in [3.05, 3.63) is 65.7 Å². The molecule has 1 atom stereocenters. The summed E-state index contributed by atoms with van der Waals surface area (Å²) in [5.41, 5.74) is 0.385. The quantitative estimate of drug-likeness (QED) is 0.927. The largest absolute Gasteiger partial charge is 0.322 e. The Kier molecular flexibility index (Phi) is 4.80. The lowest BCUT2D eigenvalue weighted by Gasteiger charge is -2.23. The molecule has 0 unspecified atom stereocenters. The summed E-state index contributed by atoms with van der Waals surface area (Å²) >= 11 is 1.44. The predicted molar refractivity (Wildman–Crippen MR) is 88.7 cm³/mol. The fourth-order valence-corrected chi connectivity index (χ4v) is 3.55. The lowest BCUT2D eigenvalue weighted by molar-refractivity contribution is -0.119. The van der Waals surface area contributed by atoms with E-state index in [9.17, 15) is 18.4 Å². The summed E-state index contributed by atoms with van der Waals surface area (Å²) in [5, 5.41) is 2.52. The minimum Gasteiger partial charge on any atom is -0.322 e.